The Balaban J connectivity index is 1.99. The minimum atomic E-state index is -4.50. The largest absolute Gasteiger partial charge is 0.497 e. The maximum atomic E-state index is 13.7. The number of carbonyl (C=O) groups excluding carboxylic acids is 1. The van der Waals surface area contributed by atoms with Crippen LogP contribution in [-0.2, 0) is 0 Å². The lowest BCUT2D eigenvalue weighted by atomic mass is 9.96. The maximum Gasteiger partial charge on any atom is 0.410 e. The van der Waals surface area contributed by atoms with E-state index < -0.39 is 24.2 Å². The van der Waals surface area contributed by atoms with Crippen LogP contribution in [0, 0.1) is 0 Å². The van der Waals surface area contributed by atoms with Gasteiger partial charge in [0.15, 0.2) is 6.04 Å². The Bertz CT molecular complexity index is 850. The molecule has 0 fully saturated rings. The number of alkyl halides is 3. The van der Waals surface area contributed by atoms with Crippen molar-refractivity contribution in [3.05, 3.63) is 41.6 Å². The topological polar surface area (TPSA) is 68.2 Å². The van der Waals surface area contributed by atoms with Crippen LogP contribution in [0.25, 0.3) is 0 Å². The van der Waals surface area contributed by atoms with Crippen molar-refractivity contribution >= 4 is 11.7 Å². The maximum absolute atomic E-state index is 13.7. The van der Waals surface area contributed by atoms with Gasteiger partial charge in [-0.3, -0.25) is 4.79 Å². The summed E-state index contributed by atoms with van der Waals surface area (Å²) in [5.74, 6) is 0.175. The second kappa shape index (κ2) is 7.73. The summed E-state index contributed by atoms with van der Waals surface area (Å²) in [6.07, 6.45) is -2.84. The van der Waals surface area contributed by atoms with Crippen molar-refractivity contribution < 1.29 is 22.7 Å². The van der Waals surface area contributed by atoms with Gasteiger partial charge in [0.1, 0.15) is 17.1 Å². The second-order valence-corrected chi connectivity index (χ2v) is 6.90. The molecule has 1 aromatic carbocycles. The van der Waals surface area contributed by atoms with Crippen molar-refractivity contribution in [2.24, 2.45) is 0 Å². The Morgan fingerprint density at radius 3 is 2.86 bits per heavy atom. The highest BCUT2D eigenvalue weighted by atomic mass is 19.4. The van der Waals surface area contributed by atoms with Crippen molar-refractivity contribution in [2.45, 2.75) is 51.0 Å². The normalized spacial score (nSPS) is 20.1. The SMILES string of the molecule is CC[C@@H](C)NC(=O)c1cnn2c1N[C@@H](c1cccc(OC)c1)C[C@@H]2C(F)(F)F. The van der Waals surface area contributed by atoms with Crippen molar-refractivity contribution in [3.63, 3.8) is 0 Å². The molecule has 0 saturated carbocycles. The molecule has 6 nitrogen and oxygen atoms in total. The molecule has 0 unspecified atom stereocenters. The van der Waals surface area contributed by atoms with Crippen LogP contribution in [0.1, 0.15) is 54.7 Å². The molecule has 3 rings (SSSR count). The third-order valence-corrected chi connectivity index (χ3v) is 4.97. The minimum Gasteiger partial charge on any atom is -0.497 e. The molecule has 0 bridgehead atoms. The first kappa shape index (κ1) is 20.0. The predicted octanol–water partition coefficient (Wildman–Crippen LogP) is 4.08. The number of anilines is 1. The summed E-state index contributed by atoms with van der Waals surface area (Å²) >= 11 is 0. The van der Waals surface area contributed by atoms with Gasteiger partial charge in [-0.2, -0.15) is 18.3 Å². The van der Waals surface area contributed by atoms with E-state index in [9.17, 15) is 18.0 Å². The molecule has 2 N–H and O–H groups in total. The van der Waals surface area contributed by atoms with Crippen molar-refractivity contribution in [1.82, 2.24) is 15.1 Å². The van der Waals surface area contributed by atoms with Gasteiger partial charge in [0.05, 0.1) is 19.3 Å². The van der Waals surface area contributed by atoms with E-state index >= 15 is 0 Å². The van der Waals surface area contributed by atoms with Crippen LogP contribution < -0.4 is 15.4 Å². The highest BCUT2D eigenvalue weighted by Gasteiger charge is 2.47. The Kier molecular flexibility index (Phi) is 5.53. The monoisotopic (exact) mass is 396 g/mol. The van der Waals surface area contributed by atoms with Crippen LogP contribution in [-0.4, -0.2) is 35.0 Å². The molecule has 1 amide bonds. The van der Waals surface area contributed by atoms with Crippen LogP contribution in [0.15, 0.2) is 30.5 Å². The highest BCUT2D eigenvalue weighted by molar-refractivity contribution is 5.99. The number of halogens is 3. The van der Waals surface area contributed by atoms with Gasteiger partial charge >= 0.3 is 6.18 Å². The second-order valence-electron chi connectivity index (χ2n) is 6.90. The minimum absolute atomic E-state index is 0.0715. The fraction of sp³-hybridized carbons (Fsp3) is 0.474. The molecule has 0 aliphatic carbocycles. The summed E-state index contributed by atoms with van der Waals surface area (Å²) in [5.41, 5.74) is 0.747. The fourth-order valence-electron chi connectivity index (χ4n) is 3.21. The Morgan fingerprint density at radius 2 is 2.21 bits per heavy atom. The van der Waals surface area contributed by atoms with Gasteiger partial charge < -0.3 is 15.4 Å². The number of methoxy groups -OCH3 is 1. The molecular weight excluding hydrogens is 373 g/mol. The van der Waals surface area contributed by atoms with Crippen molar-refractivity contribution in [3.8, 4) is 5.75 Å². The number of nitrogens with one attached hydrogen (secondary N) is 2. The van der Waals surface area contributed by atoms with Gasteiger partial charge in [0.25, 0.3) is 5.91 Å². The van der Waals surface area contributed by atoms with E-state index in [0.29, 0.717) is 17.7 Å². The van der Waals surface area contributed by atoms with E-state index in [2.05, 4.69) is 15.7 Å². The lowest BCUT2D eigenvalue weighted by molar-refractivity contribution is -0.173. The Hall–Kier alpha value is -2.71. The number of nitrogens with zero attached hydrogens (tertiary/aromatic N) is 2. The van der Waals surface area contributed by atoms with E-state index in [0.717, 1.165) is 4.68 Å². The number of fused-ring (bicyclic) bond motifs is 1. The van der Waals surface area contributed by atoms with Gasteiger partial charge in [-0.1, -0.05) is 19.1 Å². The van der Waals surface area contributed by atoms with Crippen molar-refractivity contribution in [2.75, 3.05) is 12.4 Å². The molecule has 9 heteroatoms. The average Bonchev–Trinajstić information content (AvgIpc) is 3.10. The van der Waals surface area contributed by atoms with Crippen LogP contribution in [0.5, 0.6) is 5.75 Å². The first-order valence-electron chi connectivity index (χ1n) is 9.10. The molecule has 1 aromatic heterocycles. The van der Waals surface area contributed by atoms with Gasteiger partial charge in [-0.15, -0.1) is 0 Å². The molecular formula is C19H23F3N4O2. The van der Waals surface area contributed by atoms with Crippen LogP contribution >= 0.6 is 0 Å². The first-order valence-corrected chi connectivity index (χ1v) is 9.10. The highest BCUT2D eigenvalue weighted by Crippen LogP contribution is 2.44. The summed E-state index contributed by atoms with van der Waals surface area (Å²) in [6, 6.07) is 4.31. The summed E-state index contributed by atoms with van der Waals surface area (Å²) in [6.45, 7) is 3.74. The molecule has 2 heterocycles. The van der Waals surface area contributed by atoms with Crippen LogP contribution in [0.2, 0.25) is 0 Å². The van der Waals surface area contributed by atoms with Crippen molar-refractivity contribution in [1.29, 1.82) is 0 Å². The molecule has 0 saturated heterocycles. The van der Waals surface area contributed by atoms with Crippen LogP contribution in [0.3, 0.4) is 0 Å². The number of hydrogen-bond acceptors (Lipinski definition) is 4. The third kappa shape index (κ3) is 3.93. The molecule has 152 valence electrons. The first-order chi connectivity index (χ1) is 13.2. The summed E-state index contributed by atoms with van der Waals surface area (Å²) in [7, 11) is 1.50. The standard InChI is InChI=1S/C19H23F3N4O2/c1-4-11(2)24-18(27)14-10-23-26-16(19(20,21)22)9-15(25-17(14)26)12-6-5-7-13(8-12)28-3/h5-8,10-11,15-16,25H,4,9H2,1-3H3,(H,24,27)/t11-,15-,16-/m1/s1. The fourth-order valence-corrected chi connectivity index (χ4v) is 3.21. The number of aromatic nitrogens is 2. The molecule has 1 aliphatic heterocycles. The summed E-state index contributed by atoms with van der Waals surface area (Å²) in [4.78, 5) is 12.5. The Morgan fingerprint density at radius 1 is 1.46 bits per heavy atom. The van der Waals surface area contributed by atoms with E-state index in [1.54, 1.807) is 24.3 Å². The van der Waals surface area contributed by atoms with E-state index in [1.165, 1.54) is 13.3 Å². The Labute approximate surface area is 161 Å². The average molecular weight is 396 g/mol. The lowest BCUT2D eigenvalue weighted by Gasteiger charge is -2.34. The smallest absolute Gasteiger partial charge is 0.410 e. The summed E-state index contributed by atoms with van der Waals surface area (Å²) in [5, 5.41) is 9.72. The lowest BCUT2D eigenvalue weighted by Crippen LogP contribution is -2.37. The number of carbonyl (C=O) groups is 1. The van der Waals surface area contributed by atoms with E-state index in [4.69, 9.17) is 4.74 Å². The van der Waals surface area contributed by atoms with Gasteiger partial charge in [0, 0.05) is 12.5 Å². The summed E-state index contributed by atoms with van der Waals surface area (Å²) < 4.78 is 47.2. The zero-order valence-corrected chi connectivity index (χ0v) is 15.9. The number of rotatable bonds is 5. The van der Waals surface area contributed by atoms with Gasteiger partial charge in [-0.05, 0) is 31.0 Å². The van der Waals surface area contributed by atoms with Crippen LogP contribution in [0.4, 0.5) is 19.0 Å². The molecule has 1 aliphatic rings. The number of ether oxygens (including phenoxy) is 1. The predicted molar refractivity (Wildman–Crippen MR) is 98.5 cm³/mol. The zero-order valence-electron chi connectivity index (χ0n) is 15.9. The molecule has 3 atom stereocenters. The molecule has 28 heavy (non-hydrogen) atoms. The molecule has 2 aromatic rings. The molecule has 0 spiro atoms. The van der Waals surface area contributed by atoms with Gasteiger partial charge in [-0.25, -0.2) is 4.68 Å². The third-order valence-electron chi connectivity index (χ3n) is 4.97. The number of hydrogen-bond donors (Lipinski definition) is 2. The van der Waals surface area contributed by atoms with E-state index in [-0.39, 0.29) is 23.8 Å². The van der Waals surface area contributed by atoms with E-state index in [1.807, 2.05) is 13.8 Å². The zero-order chi connectivity index (χ0) is 20.5. The quantitative estimate of drug-likeness (QED) is 0.799. The molecule has 0 radical (unpaired) electrons. The number of amides is 1. The number of benzene rings is 1. The van der Waals surface area contributed by atoms with Gasteiger partial charge in [0.2, 0.25) is 0 Å².